The van der Waals surface area contributed by atoms with Crippen molar-refractivity contribution in [1.82, 2.24) is 4.90 Å². The van der Waals surface area contributed by atoms with Crippen LogP contribution in [0.1, 0.15) is 24.0 Å². The number of nitrogens with zero attached hydrogens (tertiary/aromatic N) is 1. The van der Waals surface area contributed by atoms with Gasteiger partial charge < -0.3 is 4.90 Å². The predicted octanol–water partition coefficient (Wildman–Crippen LogP) is 4.42. The highest BCUT2D eigenvalue weighted by atomic mass is 32.2. The Morgan fingerprint density at radius 3 is 2.30 bits per heavy atom. The second-order valence-electron chi connectivity index (χ2n) is 7.29. The van der Waals surface area contributed by atoms with Gasteiger partial charge in [-0.25, -0.2) is 12.8 Å². The van der Waals surface area contributed by atoms with Gasteiger partial charge in [-0.3, -0.25) is 9.52 Å². The maximum absolute atomic E-state index is 13.1. The van der Waals surface area contributed by atoms with Gasteiger partial charge in [0.05, 0.1) is 6.42 Å². The van der Waals surface area contributed by atoms with Crippen LogP contribution in [-0.4, -0.2) is 25.3 Å². The molecule has 1 aromatic heterocycles. The number of anilines is 1. The molecule has 0 aliphatic heterocycles. The highest BCUT2D eigenvalue weighted by Crippen LogP contribution is 2.29. The van der Waals surface area contributed by atoms with Gasteiger partial charge in [0.2, 0.25) is 5.91 Å². The lowest BCUT2D eigenvalue weighted by molar-refractivity contribution is -0.131. The minimum absolute atomic E-state index is 0.00809. The molecule has 1 saturated carbocycles. The van der Waals surface area contributed by atoms with Gasteiger partial charge in [0.15, 0.2) is 0 Å². The van der Waals surface area contributed by atoms with Crippen LogP contribution >= 0.6 is 11.3 Å². The number of carbonyl (C=O) groups is 1. The summed E-state index contributed by atoms with van der Waals surface area (Å²) in [4.78, 5) is 14.7. The van der Waals surface area contributed by atoms with Crippen LogP contribution in [0.15, 0.2) is 70.3 Å². The van der Waals surface area contributed by atoms with Crippen molar-refractivity contribution in [2.75, 3.05) is 4.72 Å². The second-order valence-corrected chi connectivity index (χ2v) is 10.1. The summed E-state index contributed by atoms with van der Waals surface area (Å²) in [5.41, 5.74) is 2.16. The quantitative estimate of drug-likeness (QED) is 0.559. The number of amides is 1. The average molecular weight is 445 g/mol. The summed E-state index contributed by atoms with van der Waals surface area (Å²) in [7, 11) is -3.59. The average Bonchev–Trinajstić information content (AvgIpc) is 3.39. The van der Waals surface area contributed by atoms with Crippen molar-refractivity contribution >= 4 is 33.0 Å². The van der Waals surface area contributed by atoms with E-state index in [0.29, 0.717) is 12.2 Å². The summed E-state index contributed by atoms with van der Waals surface area (Å²) < 4.78 is 40.5. The Bertz CT molecular complexity index is 1110. The zero-order chi connectivity index (χ0) is 21.1. The fraction of sp³-hybridized carbons (Fsp3) is 0.227. The third-order valence-corrected chi connectivity index (χ3v) is 7.67. The highest BCUT2D eigenvalue weighted by molar-refractivity contribution is 7.94. The molecule has 1 N–H and O–H groups in total. The van der Waals surface area contributed by atoms with Gasteiger partial charge in [0.25, 0.3) is 10.0 Å². The molecule has 8 heteroatoms. The molecule has 5 nitrogen and oxygen atoms in total. The van der Waals surface area contributed by atoms with Crippen molar-refractivity contribution in [2.24, 2.45) is 0 Å². The first kappa shape index (κ1) is 20.6. The number of sulfonamides is 1. The maximum atomic E-state index is 13.1. The van der Waals surface area contributed by atoms with Crippen molar-refractivity contribution in [3.8, 4) is 0 Å². The van der Waals surface area contributed by atoms with E-state index in [1.54, 1.807) is 53.9 Å². The third-order valence-electron chi connectivity index (χ3n) is 4.90. The number of rotatable bonds is 8. The van der Waals surface area contributed by atoms with E-state index in [0.717, 1.165) is 35.3 Å². The Labute approximate surface area is 179 Å². The van der Waals surface area contributed by atoms with Gasteiger partial charge in [-0.1, -0.05) is 30.3 Å². The van der Waals surface area contributed by atoms with Crippen LogP contribution in [0.4, 0.5) is 10.1 Å². The molecule has 0 unspecified atom stereocenters. The maximum Gasteiger partial charge on any atom is 0.271 e. The lowest BCUT2D eigenvalue weighted by Crippen LogP contribution is -2.33. The summed E-state index contributed by atoms with van der Waals surface area (Å²) >= 11 is 1.15. The van der Waals surface area contributed by atoms with Gasteiger partial charge in [0.1, 0.15) is 10.0 Å². The van der Waals surface area contributed by atoms with Crippen molar-refractivity contribution in [2.45, 2.75) is 36.1 Å². The monoisotopic (exact) mass is 444 g/mol. The molecule has 0 spiro atoms. The predicted molar refractivity (Wildman–Crippen MR) is 115 cm³/mol. The molecule has 0 bridgehead atoms. The standard InChI is InChI=1S/C22H21FN2O3S2/c23-18-7-3-17(4-8-18)15-25(20-11-12-20)21(26)14-16-5-9-19(10-6-16)24-30(27,28)22-2-1-13-29-22/h1-10,13,20,24H,11-12,14-15H2. The Hall–Kier alpha value is -2.71. The molecule has 1 heterocycles. The van der Waals surface area contributed by atoms with Crippen molar-refractivity contribution < 1.29 is 17.6 Å². The van der Waals surface area contributed by atoms with Crippen molar-refractivity contribution in [1.29, 1.82) is 0 Å². The van der Waals surface area contributed by atoms with Crippen molar-refractivity contribution in [3.63, 3.8) is 0 Å². The third kappa shape index (κ3) is 5.06. The summed E-state index contributed by atoms with van der Waals surface area (Å²) in [5.74, 6) is -0.286. The molecule has 1 amide bonds. The number of benzene rings is 2. The van der Waals surface area contributed by atoms with Gasteiger partial charge in [-0.15, -0.1) is 11.3 Å². The summed E-state index contributed by atoms with van der Waals surface area (Å²) in [6.45, 7) is 0.461. The van der Waals surface area contributed by atoms with E-state index in [9.17, 15) is 17.6 Å². The molecule has 0 atom stereocenters. The minimum atomic E-state index is -3.59. The Morgan fingerprint density at radius 1 is 1.03 bits per heavy atom. The molecule has 0 radical (unpaired) electrons. The Balaban J connectivity index is 1.40. The van der Waals surface area contributed by atoms with Crippen LogP contribution in [0.3, 0.4) is 0 Å². The minimum Gasteiger partial charge on any atom is -0.335 e. The molecular weight excluding hydrogens is 423 g/mol. The molecule has 156 valence electrons. The van der Waals surface area contributed by atoms with Crippen LogP contribution in [0, 0.1) is 5.82 Å². The van der Waals surface area contributed by atoms with E-state index in [2.05, 4.69) is 4.72 Å². The Kier molecular flexibility index (Phi) is 5.87. The normalized spacial score (nSPS) is 13.8. The van der Waals surface area contributed by atoms with E-state index >= 15 is 0 Å². The molecular formula is C22H21FN2O3S2. The highest BCUT2D eigenvalue weighted by Gasteiger charge is 2.32. The fourth-order valence-corrected chi connectivity index (χ4v) is 5.23. The summed E-state index contributed by atoms with van der Waals surface area (Å²) in [6, 6.07) is 16.5. The number of carbonyl (C=O) groups excluding carboxylic acids is 1. The van der Waals surface area contributed by atoms with Crippen LogP contribution in [0.2, 0.25) is 0 Å². The van der Waals surface area contributed by atoms with E-state index in [1.807, 2.05) is 4.90 Å². The number of nitrogens with one attached hydrogen (secondary N) is 1. The first-order valence-electron chi connectivity index (χ1n) is 9.60. The van der Waals surface area contributed by atoms with E-state index in [4.69, 9.17) is 0 Å². The van der Waals surface area contributed by atoms with Crippen LogP contribution in [0.25, 0.3) is 0 Å². The lowest BCUT2D eigenvalue weighted by Gasteiger charge is -2.23. The number of thiophene rings is 1. The van der Waals surface area contributed by atoms with Gasteiger partial charge >= 0.3 is 0 Å². The molecule has 30 heavy (non-hydrogen) atoms. The molecule has 1 aliphatic carbocycles. The fourth-order valence-electron chi connectivity index (χ4n) is 3.18. The first-order valence-corrected chi connectivity index (χ1v) is 12.0. The Morgan fingerprint density at radius 2 is 1.70 bits per heavy atom. The largest absolute Gasteiger partial charge is 0.335 e. The zero-order valence-corrected chi connectivity index (χ0v) is 17.8. The van der Waals surface area contributed by atoms with Gasteiger partial charge in [-0.05, 0) is 59.7 Å². The van der Waals surface area contributed by atoms with Crippen LogP contribution in [-0.2, 0) is 27.8 Å². The van der Waals surface area contributed by atoms with Crippen LogP contribution in [0.5, 0.6) is 0 Å². The van der Waals surface area contributed by atoms with Gasteiger partial charge in [-0.2, -0.15) is 0 Å². The number of halogens is 1. The topological polar surface area (TPSA) is 66.5 Å². The molecule has 2 aromatic carbocycles. The SMILES string of the molecule is O=C(Cc1ccc(NS(=O)(=O)c2cccs2)cc1)N(Cc1ccc(F)cc1)C1CC1. The van der Waals surface area contributed by atoms with Crippen molar-refractivity contribution in [3.05, 3.63) is 83.0 Å². The van der Waals surface area contributed by atoms with Gasteiger partial charge in [0, 0.05) is 18.3 Å². The smallest absolute Gasteiger partial charge is 0.271 e. The molecule has 1 fully saturated rings. The molecule has 3 aromatic rings. The summed E-state index contributed by atoms with van der Waals surface area (Å²) in [5, 5.41) is 1.71. The van der Waals surface area contributed by atoms with E-state index < -0.39 is 10.0 Å². The first-order chi connectivity index (χ1) is 14.4. The van der Waals surface area contributed by atoms with E-state index in [1.165, 1.54) is 12.1 Å². The molecule has 0 saturated heterocycles. The second kappa shape index (κ2) is 8.57. The number of hydrogen-bond donors (Lipinski definition) is 1. The molecule has 1 aliphatic rings. The van der Waals surface area contributed by atoms with Crippen LogP contribution < -0.4 is 4.72 Å². The zero-order valence-electron chi connectivity index (χ0n) is 16.1. The lowest BCUT2D eigenvalue weighted by atomic mass is 10.1. The summed E-state index contributed by atoms with van der Waals surface area (Å²) in [6.07, 6.45) is 2.20. The van der Waals surface area contributed by atoms with E-state index in [-0.39, 0.29) is 28.4 Å². The molecule has 4 rings (SSSR count). The number of hydrogen-bond acceptors (Lipinski definition) is 4.